The second-order valence-corrected chi connectivity index (χ2v) is 6.68. The molecule has 0 aliphatic rings. The summed E-state index contributed by atoms with van der Waals surface area (Å²) in [6.07, 6.45) is -37.9. The fraction of sp³-hybridized carbons (Fsp3) is 0.667. The van der Waals surface area contributed by atoms with Crippen molar-refractivity contribution in [1.82, 2.24) is 4.98 Å². The highest BCUT2D eigenvalue weighted by Gasteiger charge is 2.85. The van der Waals surface area contributed by atoms with Gasteiger partial charge in [0.2, 0.25) is 0 Å². The van der Waals surface area contributed by atoms with Crippen LogP contribution in [0.15, 0.2) is 11.6 Å². The lowest BCUT2D eigenvalue weighted by Crippen LogP contribution is -2.68. The standard InChI is InChI=1S/C12H3F17N2O3S/c13-5(8(17,18)19,3(32)31-4-30-1-2-35-4)33-12(28,29)7(16,10(23,24)25)34-11(26,27)6(14,15)9(20,21)22/h1-2H,(H,30,31,32). The second kappa shape index (κ2) is 8.74. The number of aromatic nitrogens is 1. The molecule has 1 rings (SSSR count). The molecule has 0 aliphatic carbocycles. The van der Waals surface area contributed by atoms with Crippen LogP contribution < -0.4 is 5.32 Å². The molecule has 1 aromatic heterocycles. The first kappa shape index (κ1) is 30.9. The number of ether oxygens (including phenoxy) is 2. The largest absolute Gasteiger partial charge is 0.462 e. The van der Waals surface area contributed by atoms with Crippen molar-refractivity contribution in [2.75, 3.05) is 5.32 Å². The number of hydrogen-bond donors (Lipinski definition) is 1. The minimum absolute atomic E-state index is 0.131. The normalized spacial score (nSPS) is 18.1. The molecule has 0 radical (unpaired) electrons. The van der Waals surface area contributed by atoms with Gasteiger partial charge in [-0.05, 0) is 0 Å². The average molecular weight is 578 g/mol. The van der Waals surface area contributed by atoms with Crippen LogP contribution in [0, 0.1) is 0 Å². The Labute approximate surface area is 182 Å². The zero-order valence-corrected chi connectivity index (χ0v) is 16.0. The quantitative estimate of drug-likeness (QED) is 0.388. The molecule has 2 atom stereocenters. The van der Waals surface area contributed by atoms with E-state index in [-0.39, 0.29) is 11.3 Å². The molecule has 1 amide bonds. The van der Waals surface area contributed by atoms with Crippen LogP contribution in [-0.4, -0.2) is 59.3 Å². The lowest BCUT2D eigenvalue weighted by Gasteiger charge is -2.40. The first-order valence-corrected chi connectivity index (χ1v) is 8.37. The maximum absolute atomic E-state index is 14.2. The van der Waals surface area contributed by atoms with Crippen molar-refractivity contribution in [2.24, 2.45) is 0 Å². The predicted octanol–water partition coefficient (Wildman–Crippen LogP) is 5.95. The van der Waals surface area contributed by atoms with Crippen LogP contribution in [0.5, 0.6) is 0 Å². The highest BCUT2D eigenvalue weighted by Crippen LogP contribution is 2.56. The van der Waals surface area contributed by atoms with E-state index in [2.05, 4.69) is 4.98 Å². The van der Waals surface area contributed by atoms with Crippen LogP contribution in [-0.2, 0) is 14.3 Å². The van der Waals surface area contributed by atoms with Gasteiger partial charge < -0.3 is 0 Å². The number of thiazole rings is 1. The molecule has 5 nitrogen and oxygen atoms in total. The zero-order chi connectivity index (χ0) is 28.1. The molecular formula is C12H3F17N2O3S. The van der Waals surface area contributed by atoms with Gasteiger partial charge in [-0.15, -0.1) is 11.3 Å². The molecule has 23 heteroatoms. The van der Waals surface area contributed by atoms with Crippen LogP contribution in [0.2, 0.25) is 0 Å². The van der Waals surface area contributed by atoms with E-state index in [1.54, 1.807) is 0 Å². The summed E-state index contributed by atoms with van der Waals surface area (Å²) in [5, 5.41) is 0.486. The van der Waals surface area contributed by atoms with E-state index < -0.39 is 59.4 Å². The average Bonchev–Trinajstić information content (AvgIpc) is 3.10. The van der Waals surface area contributed by atoms with Gasteiger partial charge >= 0.3 is 54.3 Å². The van der Waals surface area contributed by atoms with Crippen LogP contribution in [0.3, 0.4) is 0 Å². The van der Waals surface area contributed by atoms with Gasteiger partial charge in [0.25, 0.3) is 0 Å². The highest BCUT2D eigenvalue weighted by molar-refractivity contribution is 7.13. The van der Waals surface area contributed by atoms with Crippen molar-refractivity contribution in [3.05, 3.63) is 11.6 Å². The predicted molar refractivity (Wildman–Crippen MR) is 73.6 cm³/mol. The molecule has 2 unspecified atom stereocenters. The lowest BCUT2D eigenvalue weighted by molar-refractivity contribution is -0.548. The van der Waals surface area contributed by atoms with E-state index in [0.29, 0.717) is 6.20 Å². The molecule has 1 aromatic rings. The van der Waals surface area contributed by atoms with Crippen molar-refractivity contribution in [2.45, 2.75) is 48.4 Å². The van der Waals surface area contributed by atoms with Gasteiger partial charge in [0, 0.05) is 11.6 Å². The van der Waals surface area contributed by atoms with E-state index >= 15 is 0 Å². The Morgan fingerprint density at radius 1 is 0.714 bits per heavy atom. The SMILES string of the molecule is O=C(Nc1nccs1)C(F)(OC(F)(F)C(F)(OC(F)(F)C(F)(F)C(F)(F)F)C(F)(F)F)C(F)(F)F. The molecular weight excluding hydrogens is 575 g/mol. The summed E-state index contributed by atoms with van der Waals surface area (Å²) < 4.78 is 224. The maximum atomic E-state index is 14.2. The first-order valence-electron chi connectivity index (χ1n) is 7.49. The molecule has 0 spiro atoms. The first-order chi connectivity index (χ1) is 15.2. The number of nitrogens with one attached hydrogen (secondary N) is 1. The topological polar surface area (TPSA) is 60.5 Å². The number of carbonyl (C=O) groups is 1. The Morgan fingerprint density at radius 2 is 1.20 bits per heavy atom. The molecule has 0 aliphatic heterocycles. The van der Waals surface area contributed by atoms with Crippen molar-refractivity contribution in [1.29, 1.82) is 0 Å². The van der Waals surface area contributed by atoms with E-state index in [0.717, 1.165) is 10.7 Å². The van der Waals surface area contributed by atoms with Gasteiger partial charge in [0.15, 0.2) is 5.13 Å². The van der Waals surface area contributed by atoms with Crippen molar-refractivity contribution in [3.63, 3.8) is 0 Å². The van der Waals surface area contributed by atoms with Crippen molar-refractivity contribution < 1.29 is 88.9 Å². The van der Waals surface area contributed by atoms with Gasteiger partial charge in [-0.2, -0.15) is 74.6 Å². The summed E-state index contributed by atoms with van der Waals surface area (Å²) in [4.78, 5) is 14.4. The Balaban J connectivity index is 3.60. The molecule has 35 heavy (non-hydrogen) atoms. The van der Waals surface area contributed by atoms with Gasteiger partial charge in [-0.25, -0.2) is 4.98 Å². The number of rotatable bonds is 8. The number of nitrogens with zero attached hydrogens (tertiary/aromatic N) is 1. The van der Waals surface area contributed by atoms with E-state index in [4.69, 9.17) is 0 Å². The Hall–Kier alpha value is -2.17. The van der Waals surface area contributed by atoms with Gasteiger partial charge in [0.1, 0.15) is 0 Å². The number of amides is 1. The fourth-order valence-electron chi connectivity index (χ4n) is 1.63. The van der Waals surface area contributed by atoms with Crippen LogP contribution in [0.1, 0.15) is 0 Å². The third-order valence-corrected chi connectivity index (χ3v) is 4.00. The molecule has 204 valence electrons. The third-order valence-electron chi connectivity index (χ3n) is 3.31. The fourth-order valence-corrected chi connectivity index (χ4v) is 2.15. The van der Waals surface area contributed by atoms with Crippen LogP contribution in [0.25, 0.3) is 0 Å². The van der Waals surface area contributed by atoms with E-state index in [1.807, 2.05) is 4.74 Å². The van der Waals surface area contributed by atoms with Crippen molar-refractivity contribution >= 4 is 22.4 Å². The number of hydrogen-bond acceptors (Lipinski definition) is 5. The molecule has 0 saturated carbocycles. The summed E-state index contributed by atoms with van der Waals surface area (Å²) in [5.41, 5.74) is 0. The van der Waals surface area contributed by atoms with Crippen LogP contribution in [0.4, 0.5) is 79.8 Å². The summed E-state index contributed by atoms with van der Waals surface area (Å²) in [5.74, 6) is -26.3. The van der Waals surface area contributed by atoms with Gasteiger partial charge in [-0.3, -0.25) is 19.6 Å². The van der Waals surface area contributed by atoms with Gasteiger partial charge in [-0.1, -0.05) is 0 Å². The van der Waals surface area contributed by atoms with E-state index in [9.17, 15) is 79.4 Å². The smallest absolute Gasteiger partial charge is 0.297 e. The van der Waals surface area contributed by atoms with Gasteiger partial charge in [0.05, 0.1) is 0 Å². The second-order valence-electron chi connectivity index (χ2n) is 5.79. The van der Waals surface area contributed by atoms with Crippen molar-refractivity contribution in [3.8, 4) is 0 Å². The minimum atomic E-state index is -8.05. The van der Waals surface area contributed by atoms with E-state index in [1.165, 1.54) is 4.74 Å². The molecule has 0 bridgehead atoms. The number of anilines is 1. The Bertz CT molecular complexity index is 896. The van der Waals surface area contributed by atoms with Crippen LogP contribution >= 0.6 is 11.3 Å². The summed E-state index contributed by atoms with van der Waals surface area (Å²) in [6, 6.07) is 0. The third kappa shape index (κ3) is 5.49. The Morgan fingerprint density at radius 3 is 1.54 bits per heavy atom. The molecule has 0 aromatic carbocycles. The zero-order valence-electron chi connectivity index (χ0n) is 15.2. The lowest BCUT2D eigenvalue weighted by atomic mass is 10.2. The molecule has 0 saturated heterocycles. The summed E-state index contributed by atoms with van der Waals surface area (Å²) >= 11 is 0.131. The summed E-state index contributed by atoms with van der Waals surface area (Å²) in [6.45, 7) is 0. The molecule has 1 N–H and O–H groups in total. The maximum Gasteiger partial charge on any atom is 0.462 e. The highest BCUT2D eigenvalue weighted by atomic mass is 32.1. The number of halogens is 17. The minimum Gasteiger partial charge on any atom is -0.297 e. The molecule has 0 fully saturated rings. The number of alkyl halides is 17. The number of carbonyl (C=O) groups excluding carboxylic acids is 1. The molecule has 1 heterocycles. The monoisotopic (exact) mass is 578 g/mol. The summed E-state index contributed by atoms with van der Waals surface area (Å²) in [7, 11) is 0. The Kier molecular flexibility index (Phi) is 7.71.